The van der Waals surface area contributed by atoms with E-state index in [9.17, 15) is 9.18 Å². The zero-order valence-electron chi connectivity index (χ0n) is 13.8. The van der Waals surface area contributed by atoms with E-state index in [1.807, 2.05) is 19.9 Å². The molecule has 0 saturated carbocycles. The number of rotatable bonds is 3. The number of hydrogen-bond acceptors (Lipinski definition) is 4. The molecule has 2 heterocycles. The number of aryl methyl sites for hydroxylation is 2. The molecule has 0 unspecified atom stereocenters. The summed E-state index contributed by atoms with van der Waals surface area (Å²) in [6, 6.07) is 6.40. The van der Waals surface area contributed by atoms with Crippen LogP contribution in [0.1, 0.15) is 24.2 Å². The zero-order chi connectivity index (χ0) is 17.3. The van der Waals surface area contributed by atoms with Gasteiger partial charge in [0.15, 0.2) is 5.82 Å². The first-order chi connectivity index (χ1) is 11.4. The minimum atomic E-state index is -0.969. The van der Waals surface area contributed by atoms with Crippen molar-refractivity contribution in [1.82, 2.24) is 9.78 Å². The van der Waals surface area contributed by atoms with Crippen LogP contribution in [0.3, 0.4) is 0 Å². The third-order valence-corrected chi connectivity index (χ3v) is 4.28. The highest BCUT2D eigenvalue weighted by molar-refractivity contribution is 5.98. The number of ether oxygens (including phenoxy) is 1. The maximum atomic E-state index is 14.4. The summed E-state index contributed by atoms with van der Waals surface area (Å²) >= 11 is 0. The first-order valence-electron chi connectivity index (χ1n) is 7.90. The third kappa shape index (κ3) is 3.18. The van der Waals surface area contributed by atoms with Gasteiger partial charge in [0.05, 0.1) is 5.69 Å². The van der Waals surface area contributed by atoms with Crippen molar-refractivity contribution in [3.8, 4) is 5.69 Å². The van der Waals surface area contributed by atoms with Gasteiger partial charge in [0, 0.05) is 24.6 Å². The zero-order valence-corrected chi connectivity index (χ0v) is 13.8. The molecule has 0 atom stereocenters. The van der Waals surface area contributed by atoms with Crippen LogP contribution in [0.5, 0.6) is 0 Å². The number of halogens is 1. The van der Waals surface area contributed by atoms with Crippen molar-refractivity contribution < 1.29 is 13.9 Å². The van der Waals surface area contributed by atoms with Crippen molar-refractivity contribution in [3.05, 3.63) is 41.5 Å². The van der Waals surface area contributed by atoms with E-state index in [-0.39, 0.29) is 5.91 Å². The number of carbonyl (C=O) groups excluding carboxylic acids is 1. The molecule has 1 aromatic heterocycles. The van der Waals surface area contributed by atoms with E-state index in [2.05, 4.69) is 10.4 Å². The lowest BCUT2D eigenvalue weighted by atomic mass is 9.90. The standard InChI is InChI=1S/C17H21FN4O2/c1-11-9-12(2)22(21-11)15-4-3-13(10-14(15)18)20-16(23)17(19)5-7-24-8-6-17/h3-4,9-10H,5-8,19H2,1-2H3,(H,20,23). The molecule has 6 nitrogen and oxygen atoms in total. The van der Waals surface area contributed by atoms with Crippen LogP contribution in [0.25, 0.3) is 5.69 Å². The van der Waals surface area contributed by atoms with Gasteiger partial charge >= 0.3 is 0 Å². The second kappa shape index (κ2) is 6.33. The predicted octanol–water partition coefficient (Wildman–Crippen LogP) is 2.07. The molecule has 0 aliphatic carbocycles. The Labute approximate surface area is 139 Å². The quantitative estimate of drug-likeness (QED) is 0.901. The molecule has 0 spiro atoms. The van der Waals surface area contributed by atoms with Gasteiger partial charge in [-0.05, 0) is 51.0 Å². The van der Waals surface area contributed by atoms with Crippen molar-refractivity contribution in [2.24, 2.45) is 5.73 Å². The van der Waals surface area contributed by atoms with Crippen LogP contribution in [0.4, 0.5) is 10.1 Å². The van der Waals surface area contributed by atoms with Crippen molar-refractivity contribution in [1.29, 1.82) is 0 Å². The number of aromatic nitrogens is 2. The van der Waals surface area contributed by atoms with E-state index >= 15 is 0 Å². The van der Waals surface area contributed by atoms with Crippen LogP contribution in [0, 0.1) is 19.7 Å². The maximum absolute atomic E-state index is 14.4. The van der Waals surface area contributed by atoms with Crippen LogP contribution in [-0.4, -0.2) is 34.4 Å². The third-order valence-electron chi connectivity index (χ3n) is 4.28. The summed E-state index contributed by atoms with van der Waals surface area (Å²) in [7, 11) is 0. The number of benzene rings is 1. The van der Waals surface area contributed by atoms with Crippen LogP contribution in [-0.2, 0) is 9.53 Å². The molecule has 1 aliphatic rings. The summed E-state index contributed by atoms with van der Waals surface area (Å²) in [5, 5.41) is 6.97. The van der Waals surface area contributed by atoms with Gasteiger partial charge in [0.25, 0.3) is 0 Å². The number of carbonyl (C=O) groups is 1. The topological polar surface area (TPSA) is 82.2 Å². The summed E-state index contributed by atoms with van der Waals surface area (Å²) in [5.74, 6) is -0.777. The molecule has 1 aromatic carbocycles. The summed E-state index contributed by atoms with van der Waals surface area (Å²) in [4.78, 5) is 12.4. The molecule has 1 aliphatic heterocycles. The summed E-state index contributed by atoms with van der Waals surface area (Å²) < 4.78 is 21.2. The Bertz CT molecular complexity index is 766. The Hall–Kier alpha value is -2.25. The van der Waals surface area contributed by atoms with E-state index in [0.29, 0.717) is 37.4 Å². The fraction of sp³-hybridized carbons (Fsp3) is 0.412. The molecular weight excluding hydrogens is 311 g/mol. The first kappa shape index (κ1) is 16.6. The smallest absolute Gasteiger partial charge is 0.244 e. The van der Waals surface area contributed by atoms with E-state index in [1.54, 1.807) is 16.8 Å². The average Bonchev–Trinajstić information content (AvgIpc) is 2.86. The van der Waals surface area contributed by atoms with Gasteiger partial charge in [0.2, 0.25) is 5.91 Å². The fourth-order valence-electron chi connectivity index (χ4n) is 2.85. The molecule has 0 radical (unpaired) electrons. The Balaban J connectivity index is 1.80. The number of nitrogens with two attached hydrogens (primary N) is 1. The van der Waals surface area contributed by atoms with E-state index < -0.39 is 11.4 Å². The molecule has 1 fully saturated rings. The summed E-state index contributed by atoms with van der Waals surface area (Å²) in [5.41, 5.74) is 7.53. The number of anilines is 1. The molecule has 0 bridgehead atoms. The molecule has 3 N–H and O–H groups in total. The number of nitrogens with zero attached hydrogens (tertiary/aromatic N) is 2. The average molecular weight is 332 g/mol. The van der Waals surface area contributed by atoms with Crippen molar-refractivity contribution in [3.63, 3.8) is 0 Å². The van der Waals surface area contributed by atoms with Crippen LogP contribution in [0.15, 0.2) is 24.3 Å². The number of hydrogen-bond donors (Lipinski definition) is 2. The molecule has 3 rings (SSSR count). The van der Waals surface area contributed by atoms with Gasteiger partial charge in [0.1, 0.15) is 11.2 Å². The van der Waals surface area contributed by atoms with Gasteiger partial charge in [-0.25, -0.2) is 9.07 Å². The largest absolute Gasteiger partial charge is 0.381 e. The van der Waals surface area contributed by atoms with Gasteiger partial charge in [-0.15, -0.1) is 0 Å². The Morgan fingerprint density at radius 3 is 2.62 bits per heavy atom. The molecule has 1 saturated heterocycles. The predicted molar refractivity (Wildman–Crippen MR) is 88.6 cm³/mol. The molecular formula is C17H21FN4O2. The lowest BCUT2D eigenvalue weighted by Crippen LogP contribution is -2.54. The molecule has 2 aromatic rings. The Kier molecular flexibility index (Phi) is 4.38. The van der Waals surface area contributed by atoms with Gasteiger partial charge in [-0.3, -0.25) is 4.79 Å². The minimum Gasteiger partial charge on any atom is -0.381 e. The molecule has 7 heteroatoms. The van der Waals surface area contributed by atoms with Crippen LogP contribution < -0.4 is 11.1 Å². The van der Waals surface area contributed by atoms with E-state index in [4.69, 9.17) is 10.5 Å². The van der Waals surface area contributed by atoms with Crippen LogP contribution >= 0.6 is 0 Å². The monoisotopic (exact) mass is 332 g/mol. The molecule has 128 valence electrons. The van der Waals surface area contributed by atoms with Crippen molar-refractivity contribution in [2.75, 3.05) is 18.5 Å². The highest BCUT2D eigenvalue weighted by Crippen LogP contribution is 2.23. The summed E-state index contributed by atoms with van der Waals surface area (Å²) in [6.45, 7) is 4.62. The Morgan fingerprint density at radius 2 is 2.04 bits per heavy atom. The van der Waals surface area contributed by atoms with Gasteiger partial charge < -0.3 is 15.8 Å². The lowest BCUT2D eigenvalue weighted by molar-refractivity contribution is -0.124. The Morgan fingerprint density at radius 1 is 1.33 bits per heavy atom. The highest BCUT2D eigenvalue weighted by atomic mass is 19.1. The number of nitrogens with one attached hydrogen (secondary N) is 1. The second-order valence-corrected chi connectivity index (χ2v) is 6.23. The maximum Gasteiger partial charge on any atom is 0.244 e. The summed E-state index contributed by atoms with van der Waals surface area (Å²) in [6.07, 6.45) is 0.899. The van der Waals surface area contributed by atoms with Gasteiger partial charge in [-0.1, -0.05) is 0 Å². The molecule has 1 amide bonds. The van der Waals surface area contributed by atoms with Crippen LogP contribution in [0.2, 0.25) is 0 Å². The van der Waals surface area contributed by atoms with E-state index in [1.165, 1.54) is 6.07 Å². The van der Waals surface area contributed by atoms with Gasteiger partial charge in [-0.2, -0.15) is 5.10 Å². The van der Waals surface area contributed by atoms with Crippen molar-refractivity contribution in [2.45, 2.75) is 32.2 Å². The molecule has 24 heavy (non-hydrogen) atoms. The highest BCUT2D eigenvalue weighted by Gasteiger charge is 2.36. The van der Waals surface area contributed by atoms with Crippen molar-refractivity contribution >= 4 is 11.6 Å². The number of amides is 1. The normalized spacial score (nSPS) is 16.8. The lowest BCUT2D eigenvalue weighted by Gasteiger charge is -2.31. The SMILES string of the molecule is Cc1cc(C)n(-c2ccc(NC(=O)C3(N)CCOCC3)cc2F)n1. The van der Waals surface area contributed by atoms with E-state index in [0.717, 1.165) is 11.4 Å². The minimum absolute atomic E-state index is 0.316. The first-order valence-corrected chi connectivity index (χ1v) is 7.90. The second-order valence-electron chi connectivity index (χ2n) is 6.23. The fourth-order valence-corrected chi connectivity index (χ4v) is 2.85.